The number of imide groups is 1. The highest BCUT2D eigenvalue weighted by Gasteiger charge is 2.46. The number of aromatic nitrogens is 1. The van der Waals surface area contributed by atoms with Crippen molar-refractivity contribution in [1.29, 1.82) is 0 Å². The van der Waals surface area contributed by atoms with Crippen LogP contribution in [0.15, 0.2) is 61.4 Å². The fraction of sp³-hybridized carbons (Fsp3) is 0.433. The molecule has 4 amide bonds. The molecule has 1 aromatic carbocycles. The van der Waals surface area contributed by atoms with E-state index in [-0.39, 0.29) is 24.0 Å². The third-order valence-electron chi connectivity index (χ3n) is 7.28. The molecule has 1 aliphatic carbocycles. The van der Waals surface area contributed by atoms with Gasteiger partial charge in [0.25, 0.3) is 11.8 Å². The van der Waals surface area contributed by atoms with Gasteiger partial charge in [-0.3, -0.25) is 24.3 Å². The zero-order valence-corrected chi connectivity index (χ0v) is 22.8. The first-order chi connectivity index (χ1) is 18.6. The van der Waals surface area contributed by atoms with Gasteiger partial charge in [-0.15, -0.1) is 0 Å². The van der Waals surface area contributed by atoms with E-state index in [1.807, 2.05) is 12.1 Å². The van der Waals surface area contributed by atoms with E-state index in [0.717, 1.165) is 48.6 Å². The molecule has 1 aliphatic heterocycles. The van der Waals surface area contributed by atoms with Crippen LogP contribution in [0.4, 0.5) is 10.5 Å². The minimum atomic E-state index is -1.26. The summed E-state index contributed by atoms with van der Waals surface area (Å²) in [7, 11) is 0. The molecule has 9 nitrogen and oxygen atoms in total. The number of nitrogens with one attached hydrogen (secondary N) is 1. The van der Waals surface area contributed by atoms with Crippen molar-refractivity contribution in [2.24, 2.45) is 0 Å². The number of carbonyl (C=O) groups excluding carboxylic acids is 4. The van der Waals surface area contributed by atoms with E-state index in [1.165, 1.54) is 4.90 Å². The molecule has 0 radical (unpaired) electrons. The Morgan fingerprint density at radius 2 is 1.82 bits per heavy atom. The van der Waals surface area contributed by atoms with Gasteiger partial charge in [-0.25, -0.2) is 9.69 Å². The Morgan fingerprint density at radius 3 is 2.41 bits per heavy atom. The van der Waals surface area contributed by atoms with Gasteiger partial charge in [0.15, 0.2) is 6.04 Å². The molecule has 2 atom stereocenters. The summed E-state index contributed by atoms with van der Waals surface area (Å²) >= 11 is 0. The first kappa shape index (κ1) is 28.0. The number of anilines is 1. The van der Waals surface area contributed by atoms with Crippen LogP contribution in [-0.4, -0.2) is 52.4 Å². The molecule has 9 heteroatoms. The van der Waals surface area contributed by atoms with Crippen LogP contribution in [0.1, 0.15) is 70.0 Å². The zero-order valence-electron chi connectivity index (χ0n) is 22.8. The fourth-order valence-electron chi connectivity index (χ4n) is 5.11. The Bertz CT molecular complexity index is 1220. The number of hydrogen-bond acceptors (Lipinski definition) is 6. The number of benzene rings is 1. The van der Waals surface area contributed by atoms with Crippen LogP contribution in [0, 0.1) is 0 Å². The van der Waals surface area contributed by atoms with Gasteiger partial charge < -0.3 is 10.1 Å². The lowest BCUT2D eigenvalue weighted by Crippen LogP contribution is -2.54. The predicted molar refractivity (Wildman–Crippen MR) is 147 cm³/mol. The Labute approximate surface area is 229 Å². The Hall–Kier alpha value is -4.01. The van der Waals surface area contributed by atoms with Crippen LogP contribution >= 0.6 is 0 Å². The van der Waals surface area contributed by atoms with Gasteiger partial charge in [0.05, 0.1) is 0 Å². The summed E-state index contributed by atoms with van der Waals surface area (Å²) in [5.74, 6) is -1.72. The minimum Gasteiger partial charge on any atom is -0.446 e. The summed E-state index contributed by atoms with van der Waals surface area (Å²) in [4.78, 5) is 59.5. The minimum absolute atomic E-state index is 0.000809. The van der Waals surface area contributed by atoms with Gasteiger partial charge in [0.1, 0.15) is 12.6 Å². The number of cyclic esters (lactones) is 1. The molecular formula is C30H36N4O5. The molecule has 39 heavy (non-hydrogen) atoms. The van der Waals surface area contributed by atoms with E-state index in [2.05, 4.69) is 37.7 Å². The molecule has 2 aromatic rings. The molecule has 2 aliphatic rings. The van der Waals surface area contributed by atoms with Crippen molar-refractivity contribution in [1.82, 2.24) is 15.2 Å². The number of carbonyl (C=O) groups is 4. The molecule has 2 unspecified atom stereocenters. The summed E-state index contributed by atoms with van der Waals surface area (Å²) < 4.78 is 5.10. The Balaban J connectivity index is 1.81. The van der Waals surface area contributed by atoms with Gasteiger partial charge >= 0.3 is 6.09 Å². The van der Waals surface area contributed by atoms with Crippen LogP contribution in [0.5, 0.6) is 0 Å². The van der Waals surface area contributed by atoms with Crippen molar-refractivity contribution in [2.75, 3.05) is 11.5 Å². The van der Waals surface area contributed by atoms with Gasteiger partial charge in [0.2, 0.25) is 5.91 Å². The first-order valence-corrected chi connectivity index (χ1v) is 13.4. The maximum absolute atomic E-state index is 14.3. The summed E-state index contributed by atoms with van der Waals surface area (Å²) in [5.41, 5.74) is 1.87. The van der Waals surface area contributed by atoms with Gasteiger partial charge in [0, 0.05) is 29.7 Å². The predicted octanol–water partition coefficient (Wildman–Crippen LogP) is 4.44. The van der Waals surface area contributed by atoms with Crippen molar-refractivity contribution in [3.63, 3.8) is 0 Å². The third-order valence-corrected chi connectivity index (χ3v) is 7.28. The highest BCUT2D eigenvalue weighted by atomic mass is 16.6. The van der Waals surface area contributed by atoms with Crippen molar-refractivity contribution in [3.05, 3.63) is 72.6 Å². The summed E-state index contributed by atoms with van der Waals surface area (Å²) in [6.07, 6.45) is 8.11. The van der Waals surface area contributed by atoms with E-state index in [4.69, 9.17) is 4.74 Å². The van der Waals surface area contributed by atoms with Crippen molar-refractivity contribution < 1.29 is 23.9 Å². The maximum Gasteiger partial charge on any atom is 0.417 e. The molecule has 206 valence electrons. The van der Waals surface area contributed by atoms with Crippen molar-refractivity contribution in [2.45, 2.75) is 76.4 Å². The second kappa shape index (κ2) is 11.8. The summed E-state index contributed by atoms with van der Waals surface area (Å²) in [5, 5.41) is 3.15. The molecule has 1 N–H and O–H groups in total. The van der Waals surface area contributed by atoms with Gasteiger partial charge in [-0.2, -0.15) is 0 Å². The molecule has 1 saturated heterocycles. The third kappa shape index (κ3) is 6.19. The second-order valence-corrected chi connectivity index (χ2v) is 11.0. The van der Waals surface area contributed by atoms with Crippen LogP contribution in [0.3, 0.4) is 0 Å². The van der Waals surface area contributed by atoms with Crippen LogP contribution < -0.4 is 10.2 Å². The monoisotopic (exact) mass is 532 g/mol. The largest absolute Gasteiger partial charge is 0.446 e. The first-order valence-electron chi connectivity index (χ1n) is 13.4. The van der Waals surface area contributed by atoms with Crippen molar-refractivity contribution >= 4 is 29.5 Å². The number of ether oxygens (including phenoxy) is 1. The van der Waals surface area contributed by atoms with Gasteiger partial charge in [-0.05, 0) is 48.1 Å². The number of nitrogens with zero attached hydrogens (tertiary/aromatic N) is 3. The molecule has 1 aromatic heterocycles. The number of hydrogen-bond donors (Lipinski definition) is 1. The molecule has 4 rings (SSSR count). The number of amides is 4. The SMILES string of the molecule is C=CC(=O)N1C(=O)OCC1C(=O)N(c1ccc(C(C)(C)C)cc1)C(C(=O)NC1CCCCC1)c1cccnc1. The molecule has 2 fully saturated rings. The lowest BCUT2D eigenvalue weighted by Gasteiger charge is -2.35. The van der Waals surface area contributed by atoms with E-state index in [1.54, 1.807) is 36.7 Å². The molecule has 2 heterocycles. The number of rotatable bonds is 7. The highest BCUT2D eigenvalue weighted by Crippen LogP contribution is 2.33. The van der Waals surface area contributed by atoms with Crippen LogP contribution in [0.2, 0.25) is 0 Å². The standard InChI is InChI=1S/C30H36N4O5/c1-5-25(35)34-24(19-39-29(34)38)28(37)33(23-15-13-21(14-16-23)30(2,3)4)26(20-10-9-17-31-18-20)27(36)32-22-11-7-6-8-12-22/h5,9-10,13-18,22,24,26H,1,6-8,11-12,19H2,2-4H3,(H,32,36). The van der Waals surface area contributed by atoms with Crippen LogP contribution in [0.25, 0.3) is 0 Å². The van der Waals surface area contributed by atoms with E-state index >= 15 is 0 Å². The van der Waals surface area contributed by atoms with E-state index < -0.39 is 30.0 Å². The summed E-state index contributed by atoms with van der Waals surface area (Å²) in [6.45, 7) is 9.38. The van der Waals surface area contributed by atoms with E-state index in [9.17, 15) is 19.2 Å². The normalized spacial score (nSPS) is 18.7. The summed E-state index contributed by atoms with van der Waals surface area (Å²) in [6, 6.07) is 8.50. The van der Waals surface area contributed by atoms with E-state index in [0.29, 0.717) is 11.3 Å². The quantitative estimate of drug-likeness (QED) is 0.529. The molecule has 0 bridgehead atoms. The van der Waals surface area contributed by atoms with Crippen LogP contribution in [-0.2, 0) is 24.5 Å². The van der Waals surface area contributed by atoms with Crippen molar-refractivity contribution in [3.8, 4) is 0 Å². The lowest BCUT2D eigenvalue weighted by atomic mass is 9.87. The average molecular weight is 533 g/mol. The molecule has 1 saturated carbocycles. The van der Waals surface area contributed by atoms with Gasteiger partial charge in [-0.1, -0.05) is 64.8 Å². The number of pyridine rings is 1. The smallest absolute Gasteiger partial charge is 0.417 e. The Kier molecular flexibility index (Phi) is 8.47. The topological polar surface area (TPSA) is 109 Å². The molecular weight excluding hydrogens is 496 g/mol. The molecule has 0 spiro atoms. The fourth-order valence-corrected chi connectivity index (χ4v) is 5.11. The second-order valence-electron chi connectivity index (χ2n) is 11.0. The zero-order chi connectivity index (χ0) is 28.2. The highest BCUT2D eigenvalue weighted by molar-refractivity contribution is 6.10. The lowest BCUT2D eigenvalue weighted by molar-refractivity contribution is -0.132. The average Bonchev–Trinajstić information content (AvgIpc) is 3.32. The maximum atomic E-state index is 14.3. The Morgan fingerprint density at radius 1 is 1.13 bits per heavy atom.